The minimum Gasteiger partial charge on any atom is -0.465 e. The van der Waals surface area contributed by atoms with Crippen molar-refractivity contribution >= 4 is 16.2 Å². The molecule has 0 atom stereocenters. The Labute approximate surface area is 145 Å². The molecule has 1 heterocycles. The third kappa shape index (κ3) is 4.03. The molecule has 0 aliphatic carbocycles. The molecule has 1 N–H and O–H groups in total. The van der Waals surface area contributed by atoms with Crippen LogP contribution in [0.3, 0.4) is 0 Å². The Morgan fingerprint density at radius 2 is 1.56 bits per heavy atom. The second-order valence-electron chi connectivity index (χ2n) is 5.20. The van der Waals surface area contributed by atoms with Gasteiger partial charge >= 0.3 is 39.5 Å². The topological polar surface area (TPSA) is 83.9 Å². The lowest BCUT2D eigenvalue weighted by Gasteiger charge is -2.32. The van der Waals surface area contributed by atoms with Gasteiger partial charge in [-0.2, -0.15) is 47.9 Å². The maximum absolute atomic E-state index is 13.5. The second kappa shape index (κ2) is 6.94. The summed E-state index contributed by atoms with van der Waals surface area (Å²) in [7, 11) is -7.01. The summed E-state index contributed by atoms with van der Waals surface area (Å²) in [5.74, 6) is -15.8. The first-order valence-electron chi connectivity index (χ1n) is 6.69. The molecule has 0 aromatic carbocycles. The van der Waals surface area contributed by atoms with Gasteiger partial charge in [0, 0.05) is 19.5 Å². The zero-order valence-corrected chi connectivity index (χ0v) is 13.6. The fourth-order valence-corrected chi connectivity index (χ4v) is 2.79. The van der Waals surface area contributed by atoms with E-state index in [4.69, 9.17) is 5.11 Å². The van der Waals surface area contributed by atoms with Gasteiger partial charge in [0.15, 0.2) is 0 Å². The maximum atomic E-state index is 13.5. The van der Waals surface area contributed by atoms with E-state index in [1.54, 1.807) is 0 Å². The molecular weight excluding hydrogens is 429 g/mol. The van der Waals surface area contributed by atoms with Gasteiger partial charge in [-0.05, 0) is 12.5 Å². The second-order valence-corrected chi connectivity index (χ2v) is 6.79. The van der Waals surface area contributed by atoms with Gasteiger partial charge in [-0.15, -0.1) is 0 Å². The monoisotopic (exact) mass is 439 g/mol. The summed E-state index contributed by atoms with van der Waals surface area (Å²) in [5.41, 5.74) is 0. The number of amides is 1. The van der Waals surface area contributed by atoms with Crippen LogP contribution in [0.4, 0.5) is 44.3 Å². The van der Waals surface area contributed by atoms with Gasteiger partial charge in [0.2, 0.25) is 0 Å². The number of rotatable bonds is 5. The van der Waals surface area contributed by atoms with Crippen molar-refractivity contribution in [1.29, 1.82) is 0 Å². The number of nitrogens with zero attached hydrogens (tertiary/aromatic N) is 1. The number of hydrogen-bond donors (Lipinski definition) is 1. The average molecular weight is 439 g/mol. The highest BCUT2D eigenvalue weighted by Crippen LogP contribution is 2.55. The normalized spacial score (nSPS) is 18.0. The summed E-state index contributed by atoms with van der Waals surface area (Å²) < 4.78 is 141. The molecule has 1 rings (SSSR count). The van der Waals surface area contributed by atoms with Crippen LogP contribution in [-0.2, 0) is 14.3 Å². The summed E-state index contributed by atoms with van der Waals surface area (Å²) in [5, 5.41) is 1.75. The predicted octanol–water partition coefficient (Wildman–Crippen LogP) is 3.42. The number of alkyl halides is 9. The largest absolute Gasteiger partial charge is 0.465 e. The molecular formula is C11H10F9NO5S. The van der Waals surface area contributed by atoms with Crippen molar-refractivity contribution < 1.29 is 62.0 Å². The molecule has 0 unspecified atom stereocenters. The van der Waals surface area contributed by atoms with Crippen molar-refractivity contribution in [2.45, 2.75) is 36.1 Å². The molecule has 0 saturated carbocycles. The average Bonchev–Trinajstić information content (AvgIpc) is 2.70. The van der Waals surface area contributed by atoms with Crippen LogP contribution < -0.4 is 0 Å². The Kier molecular flexibility index (Phi) is 5.96. The van der Waals surface area contributed by atoms with Crippen molar-refractivity contribution in [3.63, 3.8) is 0 Å². The summed E-state index contributed by atoms with van der Waals surface area (Å²) in [6.45, 7) is -0.863. The third-order valence-corrected chi connectivity index (χ3v) is 4.63. The number of carboxylic acid groups (broad SMARTS) is 1. The lowest BCUT2D eigenvalue weighted by molar-refractivity contribution is -0.382. The lowest BCUT2D eigenvalue weighted by atomic mass is 10.1. The van der Waals surface area contributed by atoms with Crippen LogP contribution >= 0.6 is 0 Å². The molecule has 27 heavy (non-hydrogen) atoms. The SMILES string of the molecule is O=C(O)N1CC=C(OS(=O)(=O)C(F)(F)C(F)(F)C(F)(F)C(F)(F)F)CCC1. The van der Waals surface area contributed by atoms with Crippen molar-refractivity contribution in [2.24, 2.45) is 0 Å². The van der Waals surface area contributed by atoms with Gasteiger partial charge < -0.3 is 14.2 Å². The van der Waals surface area contributed by atoms with Crippen molar-refractivity contribution in [2.75, 3.05) is 13.1 Å². The van der Waals surface area contributed by atoms with E-state index in [1.807, 2.05) is 0 Å². The molecule has 0 aromatic rings. The Morgan fingerprint density at radius 1 is 1.04 bits per heavy atom. The third-order valence-electron chi connectivity index (χ3n) is 3.31. The maximum Gasteiger partial charge on any atom is 0.460 e. The predicted molar refractivity (Wildman–Crippen MR) is 67.8 cm³/mol. The highest BCUT2D eigenvalue weighted by atomic mass is 32.2. The molecule has 0 bridgehead atoms. The van der Waals surface area contributed by atoms with Gasteiger partial charge in [0.1, 0.15) is 5.76 Å². The minimum atomic E-state index is -7.39. The molecule has 0 spiro atoms. The number of hydrogen-bond acceptors (Lipinski definition) is 4. The summed E-state index contributed by atoms with van der Waals surface area (Å²) in [6, 6.07) is 0. The first-order valence-corrected chi connectivity index (χ1v) is 8.10. The van der Waals surface area contributed by atoms with E-state index in [-0.39, 0.29) is 13.0 Å². The zero-order valence-electron chi connectivity index (χ0n) is 12.7. The van der Waals surface area contributed by atoms with E-state index in [9.17, 15) is 52.7 Å². The van der Waals surface area contributed by atoms with Gasteiger partial charge in [0.05, 0.1) is 0 Å². The number of allylic oxidation sites excluding steroid dienone is 1. The Balaban J connectivity index is 3.20. The van der Waals surface area contributed by atoms with Crippen LogP contribution in [-0.4, -0.2) is 60.9 Å². The van der Waals surface area contributed by atoms with Gasteiger partial charge in [0.25, 0.3) is 0 Å². The van der Waals surface area contributed by atoms with Crippen LogP contribution in [0.2, 0.25) is 0 Å². The van der Waals surface area contributed by atoms with E-state index in [0.717, 1.165) is 0 Å². The first-order chi connectivity index (χ1) is 11.9. The van der Waals surface area contributed by atoms with Crippen LogP contribution in [0.25, 0.3) is 0 Å². The number of halogens is 9. The summed E-state index contributed by atoms with van der Waals surface area (Å²) in [6.07, 6.45) is -8.92. The van der Waals surface area contributed by atoms with Crippen molar-refractivity contribution in [3.05, 3.63) is 11.8 Å². The molecule has 0 radical (unpaired) electrons. The highest BCUT2D eigenvalue weighted by Gasteiger charge is 2.86. The Bertz CT molecular complexity index is 716. The van der Waals surface area contributed by atoms with E-state index >= 15 is 0 Å². The molecule has 1 amide bonds. The molecule has 0 saturated heterocycles. The fraction of sp³-hybridized carbons (Fsp3) is 0.727. The molecule has 0 fully saturated rings. The smallest absolute Gasteiger partial charge is 0.460 e. The van der Waals surface area contributed by atoms with Crippen molar-refractivity contribution in [1.82, 2.24) is 4.90 Å². The molecule has 1 aliphatic rings. The van der Waals surface area contributed by atoms with Crippen molar-refractivity contribution in [3.8, 4) is 0 Å². The van der Waals surface area contributed by atoms with E-state index in [2.05, 4.69) is 4.18 Å². The van der Waals surface area contributed by atoms with Crippen LogP contribution in [0.1, 0.15) is 12.8 Å². The van der Waals surface area contributed by atoms with Crippen LogP contribution in [0.15, 0.2) is 11.8 Å². The van der Waals surface area contributed by atoms with Gasteiger partial charge in [-0.25, -0.2) is 4.79 Å². The lowest BCUT2D eigenvalue weighted by Crippen LogP contribution is -2.63. The van der Waals surface area contributed by atoms with E-state index in [1.165, 1.54) is 0 Å². The highest BCUT2D eigenvalue weighted by molar-refractivity contribution is 7.88. The van der Waals surface area contributed by atoms with Gasteiger partial charge in [-0.1, -0.05) is 0 Å². The van der Waals surface area contributed by atoms with Gasteiger partial charge in [-0.3, -0.25) is 0 Å². The summed E-state index contributed by atoms with van der Waals surface area (Å²) in [4.78, 5) is 11.4. The summed E-state index contributed by atoms with van der Waals surface area (Å²) >= 11 is 0. The molecule has 1 aliphatic heterocycles. The molecule has 6 nitrogen and oxygen atoms in total. The minimum absolute atomic E-state index is 0.228. The quantitative estimate of drug-likeness (QED) is 0.525. The standard InChI is InChI=1S/C11H10F9NO5S/c12-8(13,10(16,17)18)9(14,15)11(19,20)27(24,25)26-6-2-1-4-21(5-3-6)7(22)23/h3H,1-2,4-5H2,(H,22,23). The van der Waals surface area contributed by atoms with E-state index in [0.29, 0.717) is 11.0 Å². The first kappa shape index (κ1) is 23.2. The van der Waals surface area contributed by atoms with E-state index < -0.39 is 58.2 Å². The molecule has 16 heteroatoms. The number of carbonyl (C=O) groups is 1. The fourth-order valence-electron chi connectivity index (χ4n) is 1.81. The Morgan fingerprint density at radius 3 is 2.00 bits per heavy atom. The van der Waals surface area contributed by atoms with Crippen LogP contribution in [0, 0.1) is 0 Å². The molecule has 158 valence electrons. The Hall–Kier alpha value is -1.87. The molecule has 0 aromatic heterocycles. The van der Waals surface area contributed by atoms with Crippen LogP contribution in [0.5, 0.6) is 0 Å². The zero-order chi connectivity index (χ0) is 21.5.